The van der Waals surface area contributed by atoms with Crippen LogP contribution in [0.4, 0.5) is 30.7 Å². The van der Waals surface area contributed by atoms with Crippen LogP contribution in [0.15, 0.2) is 0 Å². The molecule has 0 aromatic rings. The Balaban J connectivity index is 2.67. The maximum Gasteiger partial charge on any atom is 0.372 e. The highest BCUT2D eigenvalue weighted by molar-refractivity contribution is 4.94. The fourth-order valence-corrected chi connectivity index (χ4v) is 1.56. The SMILES string of the molecule is FC(F)C(F)(F)C(F)(F)C(F)CC1CCCO1. The Labute approximate surface area is 92.9 Å². The van der Waals surface area contributed by atoms with Gasteiger partial charge < -0.3 is 4.74 Å². The predicted octanol–water partition coefficient (Wildman–Crippen LogP) is 3.43. The summed E-state index contributed by atoms with van der Waals surface area (Å²) >= 11 is 0. The lowest BCUT2D eigenvalue weighted by atomic mass is 10.0. The number of halogens is 7. The Morgan fingerprint density at radius 1 is 1.06 bits per heavy atom. The summed E-state index contributed by atoms with van der Waals surface area (Å²) in [6, 6.07) is 0. The highest BCUT2D eigenvalue weighted by Gasteiger charge is 2.67. The lowest BCUT2D eigenvalue weighted by molar-refractivity contribution is -0.287. The summed E-state index contributed by atoms with van der Waals surface area (Å²) in [6.45, 7) is 0.230. The molecule has 8 heteroatoms. The molecule has 2 atom stereocenters. The zero-order valence-electron chi connectivity index (χ0n) is 8.61. The summed E-state index contributed by atoms with van der Waals surface area (Å²) in [5.41, 5.74) is 0. The summed E-state index contributed by atoms with van der Waals surface area (Å²) in [5.74, 6) is -11.1. The third kappa shape index (κ3) is 2.83. The van der Waals surface area contributed by atoms with E-state index >= 15 is 0 Å². The van der Waals surface area contributed by atoms with Gasteiger partial charge in [0.05, 0.1) is 6.10 Å². The fourth-order valence-electron chi connectivity index (χ4n) is 1.56. The topological polar surface area (TPSA) is 9.23 Å². The smallest absolute Gasteiger partial charge is 0.372 e. The number of ether oxygens (including phenoxy) is 1. The normalized spacial score (nSPS) is 24.4. The number of rotatable bonds is 5. The second-order valence-corrected chi connectivity index (χ2v) is 3.88. The van der Waals surface area contributed by atoms with E-state index in [1.165, 1.54) is 0 Å². The first kappa shape index (κ1) is 14.5. The van der Waals surface area contributed by atoms with Crippen molar-refractivity contribution in [3.05, 3.63) is 0 Å². The van der Waals surface area contributed by atoms with Crippen molar-refractivity contribution >= 4 is 0 Å². The molecule has 2 unspecified atom stereocenters. The van der Waals surface area contributed by atoms with Crippen LogP contribution in [0.3, 0.4) is 0 Å². The molecule has 0 aromatic heterocycles. The van der Waals surface area contributed by atoms with Crippen LogP contribution in [0.25, 0.3) is 0 Å². The fraction of sp³-hybridized carbons (Fsp3) is 1.00. The van der Waals surface area contributed by atoms with E-state index in [0.29, 0.717) is 6.42 Å². The van der Waals surface area contributed by atoms with Gasteiger partial charge in [0.25, 0.3) is 0 Å². The van der Waals surface area contributed by atoms with Crippen LogP contribution in [0, 0.1) is 0 Å². The van der Waals surface area contributed by atoms with Gasteiger partial charge in [-0.3, -0.25) is 0 Å². The lowest BCUT2D eigenvalue weighted by Gasteiger charge is -2.29. The molecule has 1 heterocycles. The molecule has 102 valence electrons. The summed E-state index contributed by atoms with van der Waals surface area (Å²) in [4.78, 5) is 0. The minimum Gasteiger partial charge on any atom is -0.378 e. The Kier molecular flexibility index (Phi) is 4.27. The van der Waals surface area contributed by atoms with Gasteiger partial charge in [-0.25, -0.2) is 13.2 Å². The molecule has 0 aromatic carbocycles. The summed E-state index contributed by atoms with van der Waals surface area (Å²) in [6.07, 6.45) is -9.11. The highest BCUT2D eigenvalue weighted by Crippen LogP contribution is 2.44. The molecule has 1 aliphatic heterocycles. The molecule has 1 aliphatic rings. The van der Waals surface area contributed by atoms with E-state index in [9.17, 15) is 30.7 Å². The van der Waals surface area contributed by atoms with Crippen LogP contribution < -0.4 is 0 Å². The Hall–Kier alpha value is -0.530. The monoisotopic (exact) mass is 268 g/mol. The summed E-state index contributed by atoms with van der Waals surface area (Å²) in [5, 5.41) is 0. The van der Waals surface area contributed by atoms with Gasteiger partial charge in [0.15, 0.2) is 6.17 Å². The van der Waals surface area contributed by atoms with E-state index in [1.807, 2.05) is 0 Å². The largest absolute Gasteiger partial charge is 0.378 e. The number of alkyl halides is 7. The Bertz CT molecular complexity index is 250. The average Bonchev–Trinajstić information content (AvgIpc) is 2.69. The molecule has 17 heavy (non-hydrogen) atoms. The summed E-state index contributed by atoms with van der Waals surface area (Å²) < 4.78 is 92.0. The van der Waals surface area contributed by atoms with Gasteiger partial charge in [-0.15, -0.1) is 0 Å². The maximum absolute atomic E-state index is 13.0. The van der Waals surface area contributed by atoms with Crippen molar-refractivity contribution in [1.82, 2.24) is 0 Å². The molecule has 1 fully saturated rings. The first-order chi connectivity index (χ1) is 7.69. The molecule has 1 rings (SSSR count). The molecule has 0 amide bonds. The molecular weight excluding hydrogens is 257 g/mol. The van der Waals surface area contributed by atoms with Gasteiger partial charge >= 0.3 is 18.3 Å². The van der Waals surface area contributed by atoms with Crippen molar-refractivity contribution in [2.75, 3.05) is 6.61 Å². The van der Waals surface area contributed by atoms with Crippen molar-refractivity contribution in [2.24, 2.45) is 0 Å². The second-order valence-electron chi connectivity index (χ2n) is 3.88. The van der Waals surface area contributed by atoms with Gasteiger partial charge in [0.2, 0.25) is 0 Å². The molecule has 0 aliphatic carbocycles. The van der Waals surface area contributed by atoms with Gasteiger partial charge in [0.1, 0.15) is 0 Å². The highest BCUT2D eigenvalue weighted by atomic mass is 19.3. The Morgan fingerprint density at radius 3 is 2.06 bits per heavy atom. The molecule has 0 radical (unpaired) electrons. The van der Waals surface area contributed by atoms with Crippen molar-refractivity contribution in [3.8, 4) is 0 Å². The van der Waals surface area contributed by atoms with Crippen molar-refractivity contribution in [3.63, 3.8) is 0 Å². The van der Waals surface area contributed by atoms with E-state index < -0.39 is 37.0 Å². The molecule has 1 saturated heterocycles. The molecule has 1 nitrogen and oxygen atoms in total. The standard InChI is InChI=1S/C9H11F7O/c10-6(4-5-2-1-3-17-5)8(13,14)9(15,16)7(11)12/h5-7H,1-4H2. The number of hydrogen-bond acceptors (Lipinski definition) is 1. The molecular formula is C9H11F7O. The van der Waals surface area contributed by atoms with Crippen LogP contribution >= 0.6 is 0 Å². The minimum atomic E-state index is -5.68. The van der Waals surface area contributed by atoms with Crippen LogP contribution in [0.5, 0.6) is 0 Å². The van der Waals surface area contributed by atoms with Gasteiger partial charge in [-0.2, -0.15) is 17.6 Å². The second kappa shape index (κ2) is 4.99. The zero-order valence-corrected chi connectivity index (χ0v) is 8.61. The molecule has 0 spiro atoms. The third-order valence-electron chi connectivity index (χ3n) is 2.61. The van der Waals surface area contributed by atoms with Crippen LogP contribution in [-0.4, -0.2) is 37.2 Å². The quantitative estimate of drug-likeness (QED) is 0.694. The van der Waals surface area contributed by atoms with Crippen molar-refractivity contribution in [1.29, 1.82) is 0 Å². The molecule has 0 bridgehead atoms. The van der Waals surface area contributed by atoms with E-state index in [-0.39, 0.29) is 13.0 Å². The first-order valence-electron chi connectivity index (χ1n) is 4.99. The first-order valence-corrected chi connectivity index (χ1v) is 4.99. The van der Waals surface area contributed by atoms with E-state index in [1.54, 1.807) is 0 Å². The lowest BCUT2D eigenvalue weighted by Crippen LogP contribution is -2.53. The van der Waals surface area contributed by atoms with Gasteiger partial charge in [-0.05, 0) is 12.8 Å². The molecule has 0 N–H and O–H groups in total. The zero-order chi connectivity index (χ0) is 13.3. The number of hydrogen-bond donors (Lipinski definition) is 0. The van der Waals surface area contributed by atoms with Crippen molar-refractivity contribution < 1.29 is 35.5 Å². The van der Waals surface area contributed by atoms with E-state index in [4.69, 9.17) is 4.74 Å². The predicted molar refractivity (Wildman–Crippen MR) is 44.4 cm³/mol. The van der Waals surface area contributed by atoms with E-state index in [0.717, 1.165) is 0 Å². The van der Waals surface area contributed by atoms with Gasteiger partial charge in [-0.1, -0.05) is 0 Å². The third-order valence-corrected chi connectivity index (χ3v) is 2.61. The molecule has 0 saturated carbocycles. The van der Waals surface area contributed by atoms with Crippen LogP contribution in [0.2, 0.25) is 0 Å². The van der Waals surface area contributed by atoms with E-state index in [2.05, 4.69) is 0 Å². The van der Waals surface area contributed by atoms with Gasteiger partial charge in [0, 0.05) is 13.0 Å². The maximum atomic E-state index is 13.0. The van der Waals surface area contributed by atoms with Crippen LogP contribution in [-0.2, 0) is 4.74 Å². The van der Waals surface area contributed by atoms with Crippen LogP contribution in [0.1, 0.15) is 19.3 Å². The average molecular weight is 268 g/mol. The van der Waals surface area contributed by atoms with Crippen molar-refractivity contribution in [2.45, 2.75) is 49.8 Å². The Morgan fingerprint density at radius 2 is 1.65 bits per heavy atom. The summed E-state index contributed by atoms with van der Waals surface area (Å²) in [7, 11) is 0. The minimum absolute atomic E-state index is 0.230.